The number of fused-ring (bicyclic) bond motifs is 1. The summed E-state index contributed by atoms with van der Waals surface area (Å²) in [7, 11) is 0. The summed E-state index contributed by atoms with van der Waals surface area (Å²) in [5.41, 5.74) is -1.19. The van der Waals surface area contributed by atoms with Gasteiger partial charge in [0.2, 0.25) is 0 Å². The highest BCUT2D eigenvalue weighted by Crippen LogP contribution is 2.45. The Hall–Kier alpha value is -2.00. The summed E-state index contributed by atoms with van der Waals surface area (Å²) in [6, 6.07) is 0. The molecule has 0 saturated carbocycles. The number of aliphatic hydroxyl groups is 2. The molecule has 2 unspecified atom stereocenters. The van der Waals surface area contributed by atoms with Crippen molar-refractivity contribution in [1.29, 1.82) is 0 Å². The van der Waals surface area contributed by atoms with Gasteiger partial charge in [0, 0.05) is 19.3 Å². The van der Waals surface area contributed by atoms with Gasteiger partial charge in [-0.05, 0) is 38.2 Å². The van der Waals surface area contributed by atoms with E-state index in [1.165, 1.54) is 6.26 Å². The second-order valence-corrected chi connectivity index (χ2v) is 11.7. The fraction of sp³-hybridized carbons (Fsp3) is 0.679. The molecular formula is C28H40ClNO7. The number of halogens is 1. The van der Waals surface area contributed by atoms with E-state index in [2.05, 4.69) is 11.6 Å². The zero-order chi connectivity index (χ0) is 27.5. The summed E-state index contributed by atoms with van der Waals surface area (Å²) in [4.78, 5) is 30.7. The highest BCUT2D eigenvalue weighted by molar-refractivity contribution is 6.32. The molecule has 8 nitrogen and oxygen atoms in total. The van der Waals surface area contributed by atoms with E-state index in [0.29, 0.717) is 24.4 Å². The number of aryl methyl sites for hydroxylation is 1. The van der Waals surface area contributed by atoms with Crippen LogP contribution in [0.5, 0.6) is 0 Å². The molecule has 1 aromatic heterocycles. The van der Waals surface area contributed by atoms with Crippen LogP contribution >= 0.6 is 11.6 Å². The zero-order valence-electron chi connectivity index (χ0n) is 22.4. The Morgan fingerprint density at radius 3 is 2.62 bits per heavy atom. The van der Waals surface area contributed by atoms with E-state index in [1.807, 2.05) is 13.8 Å². The van der Waals surface area contributed by atoms with Gasteiger partial charge < -0.3 is 24.1 Å². The molecule has 2 aliphatic heterocycles. The molecule has 9 heteroatoms. The van der Waals surface area contributed by atoms with Crippen LogP contribution in [0, 0.1) is 24.2 Å². The van der Waals surface area contributed by atoms with Crippen LogP contribution < -0.4 is 0 Å². The van der Waals surface area contributed by atoms with Crippen molar-refractivity contribution in [3.8, 4) is 0 Å². The first-order valence-electron chi connectivity index (χ1n) is 13.0. The Morgan fingerprint density at radius 1 is 1.30 bits per heavy atom. The molecule has 2 aliphatic rings. The summed E-state index contributed by atoms with van der Waals surface area (Å²) in [6.45, 7) is 12.6. The van der Waals surface area contributed by atoms with Gasteiger partial charge in [-0.25, -0.2) is 4.98 Å². The molecule has 1 aromatic rings. The van der Waals surface area contributed by atoms with Gasteiger partial charge in [0.1, 0.15) is 23.8 Å². The number of allylic oxidation sites excluding steroid dienone is 1. The minimum Gasteiger partial charge on any atom is -0.456 e. The van der Waals surface area contributed by atoms with Gasteiger partial charge >= 0.3 is 5.97 Å². The predicted molar refractivity (Wildman–Crippen MR) is 140 cm³/mol. The third kappa shape index (κ3) is 7.11. The Bertz CT molecular complexity index is 1020. The molecular weight excluding hydrogens is 498 g/mol. The lowest BCUT2D eigenvalue weighted by atomic mass is 9.71. The summed E-state index contributed by atoms with van der Waals surface area (Å²) in [5.74, 6) is -1.40. The molecule has 0 bridgehead atoms. The maximum Gasteiger partial charge on any atom is 0.309 e. The number of epoxide rings is 1. The van der Waals surface area contributed by atoms with Crippen molar-refractivity contribution in [3.05, 3.63) is 35.5 Å². The second-order valence-electron chi connectivity index (χ2n) is 11.3. The van der Waals surface area contributed by atoms with Gasteiger partial charge in [0.25, 0.3) is 0 Å². The maximum atomic E-state index is 13.5. The van der Waals surface area contributed by atoms with E-state index in [0.717, 1.165) is 12.8 Å². The lowest BCUT2D eigenvalue weighted by Gasteiger charge is -2.35. The van der Waals surface area contributed by atoms with E-state index < -0.39 is 47.6 Å². The first-order valence-corrected chi connectivity index (χ1v) is 13.3. The molecule has 2 fully saturated rings. The average molecular weight is 538 g/mol. The van der Waals surface area contributed by atoms with Crippen LogP contribution in [-0.2, 0) is 19.1 Å². The van der Waals surface area contributed by atoms with Crippen molar-refractivity contribution >= 4 is 29.4 Å². The third-order valence-electron chi connectivity index (χ3n) is 7.88. The van der Waals surface area contributed by atoms with Gasteiger partial charge in [-0.1, -0.05) is 44.9 Å². The van der Waals surface area contributed by atoms with Crippen molar-refractivity contribution in [1.82, 2.24) is 4.98 Å². The molecule has 0 spiro atoms. The Balaban J connectivity index is 1.88. The minimum atomic E-state index is -1.32. The van der Waals surface area contributed by atoms with Crippen LogP contribution in [0.15, 0.2) is 28.4 Å². The lowest BCUT2D eigenvalue weighted by Crippen LogP contribution is -2.46. The summed E-state index contributed by atoms with van der Waals surface area (Å²) in [6.07, 6.45) is 3.91. The molecule has 0 amide bonds. The van der Waals surface area contributed by atoms with Crippen molar-refractivity contribution in [2.45, 2.75) is 103 Å². The minimum absolute atomic E-state index is 0.142. The number of cyclic esters (lactones) is 1. The SMILES string of the molecule is C=CC[C@H]1C(=O)C(C)(C)[C@@H](O)CC(=O)O[C@H](C(Cl)=Cc2coc(C)n2)CC2OC2(C)CCC[C@H](C)[C@H]1O. The van der Waals surface area contributed by atoms with Crippen LogP contribution in [0.1, 0.15) is 77.8 Å². The summed E-state index contributed by atoms with van der Waals surface area (Å²) in [5, 5.41) is 22.3. The number of hydrogen-bond acceptors (Lipinski definition) is 8. The molecule has 2 saturated heterocycles. The number of ether oxygens (including phenoxy) is 2. The number of ketones is 1. The molecule has 3 heterocycles. The standard InChI is InChI=1S/C28H40ClNO7/c1-7-9-19-25(33)16(2)10-8-11-28(6)23(37-28)13-21(20(29)12-18-15-35-17(3)30-18)36-24(32)14-22(31)27(4,5)26(19)34/h7,12,15-16,19,21-23,25,31,33H,1,8-11,13-14H2,2-6H3/t16-,19+,21-,22-,23?,25+,28?/m0/s1. The number of carbonyl (C=O) groups is 2. The lowest BCUT2D eigenvalue weighted by molar-refractivity contribution is -0.154. The Morgan fingerprint density at radius 2 is 2.00 bits per heavy atom. The number of rotatable bonds is 4. The molecule has 37 heavy (non-hydrogen) atoms. The van der Waals surface area contributed by atoms with E-state index in [4.69, 9.17) is 25.5 Å². The number of oxazole rings is 1. The van der Waals surface area contributed by atoms with Crippen molar-refractivity contribution in [2.75, 3.05) is 0 Å². The molecule has 7 atom stereocenters. The van der Waals surface area contributed by atoms with E-state index in [9.17, 15) is 19.8 Å². The summed E-state index contributed by atoms with van der Waals surface area (Å²) < 4.78 is 17.0. The molecule has 0 aliphatic carbocycles. The smallest absolute Gasteiger partial charge is 0.309 e. The predicted octanol–water partition coefficient (Wildman–Crippen LogP) is 4.74. The van der Waals surface area contributed by atoms with Crippen LogP contribution in [0.25, 0.3) is 6.08 Å². The Kier molecular flexibility index (Phi) is 9.43. The topological polar surface area (TPSA) is 122 Å². The highest BCUT2D eigenvalue weighted by atomic mass is 35.5. The van der Waals surface area contributed by atoms with Crippen LogP contribution in [0.4, 0.5) is 0 Å². The van der Waals surface area contributed by atoms with Gasteiger partial charge in [-0.2, -0.15) is 0 Å². The molecule has 2 N–H and O–H groups in total. The summed E-state index contributed by atoms with van der Waals surface area (Å²) >= 11 is 6.59. The first kappa shape index (κ1) is 29.6. The van der Waals surface area contributed by atoms with Gasteiger partial charge in [0.15, 0.2) is 5.89 Å². The van der Waals surface area contributed by atoms with Crippen LogP contribution in [0.2, 0.25) is 0 Å². The molecule has 206 valence electrons. The number of hydrogen-bond donors (Lipinski definition) is 2. The fourth-order valence-electron chi connectivity index (χ4n) is 5.09. The maximum absolute atomic E-state index is 13.5. The second kappa shape index (κ2) is 11.8. The normalized spacial score (nSPS) is 35.9. The Labute approximate surface area is 224 Å². The quantitative estimate of drug-likeness (QED) is 0.321. The van der Waals surface area contributed by atoms with E-state index in [1.54, 1.807) is 32.9 Å². The van der Waals surface area contributed by atoms with Crippen molar-refractivity contribution in [2.24, 2.45) is 17.3 Å². The van der Waals surface area contributed by atoms with E-state index >= 15 is 0 Å². The van der Waals surface area contributed by atoms with Crippen LogP contribution in [0.3, 0.4) is 0 Å². The van der Waals surface area contributed by atoms with Gasteiger partial charge in [-0.3, -0.25) is 9.59 Å². The van der Waals surface area contributed by atoms with Crippen molar-refractivity contribution < 1.29 is 33.7 Å². The molecule has 3 rings (SSSR count). The number of Topliss-reactive ketones (excluding diaryl/α,β-unsaturated/α-hetero) is 1. The highest BCUT2D eigenvalue weighted by Gasteiger charge is 2.53. The number of nitrogens with zero attached hydrogens (tertiary/aromatic N) is 1. The zero-order valence-corrected chi connectivity index (χ0v) is 23.2. The fourth-order valence-corrected chi connectivity index (χ4v) is 5.33. The number of aliphatic hydroxyl groups excluding tert-OH is 2. The number of esters is 1. The number of carbonyl (C=O) groups excluding carboxylic acids is 2. The molecule has 0 radical (unpaired) electrons. The van der Waals surface area contributed by atoms with Gasteiger partial charge in [0.05, 0.1) is 40.8 Å². The third-order valence-corrected chi connectivity index (χ3v) is 8.23. The van der Waals surface area contributed by atoms with E-state index in [-0.39, 0.29) is 29.3 Å². The molecule has 0 aromatic carbocycles. The monoisotopic (exact) mass is 537 g/mol. The largest absolute Gasteiger partial charge is 0.456 e. The van der Waals surface area contributed by atoms with Crippen LogP contribution in [-0.4, -0.2) is 57.0 Å². The van der Waals surface area contributed by atoms with Gasteiger partial charge in [-0.15, -0.1) is 6.58 Å². The van der Waals surface area contributed by atoms with Crippen molar-refractivity contribution in [3.63, 3.8) is 0 Å². The first-order chi connectivity index (χ1) is 17.3. The number of aromatic nitrogens is 1. The average Bonchev–Trinajstić information content (AvgIpc) is 3.27.